The van der Waals surface area contributed by atoms with Crippen molar-refractivity contribution in [2.75, 3.05) is 20.8 Å². The summed E-state index contributed by atoms with van der Waals surface area (Å²) in [5.41, 5.74) is 0. The summed E-state index contributed by atoms with van der Waals surface area (Å²) < 4.78 is 42.2. The Balaban J connectivity index is 2.01. The van der Waals surface area contributed by atoms with Gasteiger partial charge in [0.2, 0.25) is 10.0 Å². The van der Waals surface area contributed by atoms with Gasteiger partial charge in [-0.15, -0.1) is 0 Å². The van der Waals surface area contributed by atoms with Crippen LogP contribution in [-0.4, -0.2) is 34.3 Å². The molecule has 2 N–H and O–H groups in total. The summed E-state index contributed by atoms with van der Waals surface area (Å²) in [4.78, 5) is 0.0580. The van der Waals surface area contributed by atoms with E-state index in [4.69, 9.17) is 13.9 Å². The van der Waals surface area contributed by atoms with Crippen molar-refractivity contribution >= 4 is 10.0 Å². The third-order valence-electron chi connectivity index (χ3n) is 3.25. The van der Waals surface area contributed by atoms with Crippen LogP contribution in [0.2, 0.25) is 0 Å². The Hall–Kier alpha value is -2.03. The molecular formula is C15H19NO6S. The SMILES string of the molecule is COc1ccc(S(=O)(=O)NCCC(O)c2ccco2)cc1OC. The summed E-state index contributed by atoms with van der Waals surface area (Å²) in [5.74, 6) is 1.17. The van der Waals surface area contributed by atoms with Crippen LogP contribution in [0.4, 0.5) is 0 Å². The highest BCUT2D eigenvalue weighted by Gasteiger charge is 2.18. The number of hydrogen-bond donors (Lipinski definition) is 2. The van der Waals surface area contributed by atoms with Crippen molar-refractivity contribution in [3.63, 3.8) is 0 Å². The number of ether oxygens (including phenoxy) is 2. The summed E-state index contributed by atoms with van der Waals surface area (Å²) >= 11 is 0. The average molecular weight is 341 g/mol. The third-order valence-corrected chi connectivity index (χ3v) is 4.71. The van der Waals surface area contributed by atoms with Gasteiger partial charge in [-0.3, -0.25) is 0 Å². The van der Waals surface area contributed by atoms with Gasteiger partial charge in [0.25, 0.3) is 0 Å². The fraction of sp³-hybridized carbons (Fsp3) is 0.333. The molecule has 0 saturated heterocycles. The van der Waals surface area contributed by atoms with Crippen LogP contribution in [0.15, 0.2) is 45.9 Å². The van der Waals surface area contributed by atoms with E-state index >= 15 is 0 Å². The molecule has 0 spiro atoms. The molecule has 0 bridgehead atoms. The number of methoxy groups -OCH3 is 2. The normalized spacial score (nSPS) is 12.8. The molecule has 7 nitrogen and oxygen atoms in total. The number of hydrogen-bond acceptors (Lipinski definition) is 6. The fourth-order valence-corrected chi connectivity index (χ4v) is 3.08. The molecule has 1 atom stereocenters. The van der Waals surface area contributed by atoms with Crippen molar-refractivity contribution in [1.82, 2.24) is 4.72 Å². The zero-order valence-corrected chi connectivity index (χ0v) is 13.7. The molecule has 0 aliphatic carbocycles. The van der Waals surface area contributed by atoms with Crippen molar-refractivity contribution in [3.05, 3.63) is 42.4 Å². The lowest BCUT2D eigenvalue weighted by molar-refractivity contribution is 0.142. The largest absolute Gasteiger partial charge is 0.493 e. The number of aliphatic hydroxyl groups is 1. The molecule has 1 heterocycles. The van der Waals surface area contributed by atoms with E-state index in [0.29, 0.717) is 17.3 Å². The van der Waals surface area contributed by atoms with Gasteiger partial charge in [0.1, 0.15) is 11.9 Å². The van der Waals surface area contributed by atoms with Crippen molar-refractivity contribution in [2.45, 2.75) is 17.4 Å². The number of rotatable bonds is 8. The number of nitrogens with one attached hydrogen (secondary N) is 1. The van der Waals surface area contributed by atoms with Crippen molar-refractivity contribution < 1.29 is 27.4 Å². The summed E-state index contributed by atoms with van der Waals surface area (Å²) in [7, 11) is -0.805. The van der Waals surface area contributed by atoms with Gasteiger partial charge >= 0.3 is 0 Å². The quantitative estimate of drug-likeness (QED) is 0.758. The standard InChI is InChI=1S/C15H19NO6S/c1-20-14-6-5-11(10-15(14)21-2)23(18,19)16-8-7-12(17)13-4-3-9-22-13/h3-6,9-10,12,16-17H,7-8H2,1-2H3. The molecule has 1 aromatic carbocycles. The summed E-state index contributed by atoms with van der Waals surface area (Å²) in [5, 5.41) is 9.86. The van der Waals surface area contributed by atoms with Gasteiger partial charge in [0.15, 0.2) is 11.5 Å². The zero-order chi connectivity index (χ0) is 16.9. The highest BCUT2D eigenvalue weighted by Crippen LogP contribution is 2.29. The molecule has 2 rings (SSSR count). The Morgan fingerprint density at radius 1 is 1.22 bits per heavy atom. The maximum atomic E-state index is 12.3. The van der Waals surface area contributed by atoms with E-state index in [1.54, 1.807) is 12.1 Å². The monoisotopic (exact) mass is 341 g/mol. The van der Waals surface area contributed by atoms with E-state index < -0.39 is 16.1 Å². The Morgan fingerprint density at radius 3 is 2.57 bits per heavy atom. The van der Waals surface area contributed by atoms with E-state index in [1.807, 2.05) is 0 Å². The predicted octanol–water partition coefficient (Wildman–Crippen LogP) is 1.70. The van der Waals surface area contributed by atoms with Crippen molar-refractivity contribution in [2.24, 2.45) is 0 Å². The molecule has 0 amide bonds. The fourth-order valence-electron chi connectivity index (χ4n) is 2.02. The molecule has 0 saturated carbocycles. The molecule has 1 unspecified atom stereocenters. The van der Waals surface area contributed by atoms with Crippen LogP contribution < -0.4 is 14.2 Å². The Morgan fingerprint density at radius 2 is 1.96 bits per heavy atom. The van der Waals surface area contributed by atoms with E-state index in [-0.39, 0.29) is 17.9 Å². The van der Waals surface area contributed by atoms with E-state index in [0.717, 1.165) is 0 Å². The van der Waals surface area contributed by atoms with E-state index in [2.05, 4.69) is 4.72 Å². The second kappa shape index (κ2) is 7.49. The van der Waals surface area contributed by atoms with E-state index in [9.17, 15) is 13.5 Å². The average Bonchev–Trinajstić information content (AvgIpc) is 3.08. The van der Waals surface area contributed by atoms with Gasteiger partial charge in [-0.05, 0) is 30.7 Å². The molecule has 0 fully saturated rings. The summed E-state index contributed by atoms with van der Waals surface area (Å²) in [6.07, 6.45) is 0.782. The third kappa shape index (κ3) is 4.25. The highest BCUT2D eigenvalue weighted by molar-refractivity contribution is 7.89. The molecular weight excluding hydrogens is 322 g/mol. The maximum Gasteiger partial charge on any atom is 0.240 e. The lowest BCUT2D eigenvalue weighted by Gasteiger charge is -2.12. The number of furan rings is 1. The van der Waals surface area contributed by atoms with Crippen LogP contribution in [0, 0.1) is 0 Å². The van der Waals surface area contributed by atoms with Crippen LogP contribution in [-0.2, 0) is 10.0 Å². The van der Waals surface area contributed by atoms with Gasteiger partial charge in [0.05, 0.1) is 25.4 Å². The highest BCUT2D eigenvalue weighted by atomic mass is 32.2. The molecule has 1 aromatic heterocycles. The second-order valence-electron chi connectivity index (χ2n) is 4.73. The van der Waals surface area contributed by atoms with Gasteiger partial charge in [0, 0.05) is 12.6 Å². The Bertz CT molecular complexity index is 726. The minimum atomic E-state index is -3.71. The lowest BCUT2D eigenvalue weighted by Crippen LogP contribution is -2.26. The lowest BCUT2D eigenvalue weighted by atomic mass is 10.2. The van der Waals surface area contributed by atoms with Crippen molar-refractivity contribution in [3.8, 4) is 11.5 Å². The number of benzene rings is 1. The Kier molecular flexibility index (Phi) is 5.64. The van der Waals surface area contributed by atoms with Crippen molar-refractivity contribution in [1.29, 1.82) is 0 Å². The van der Waals surface area contributed by atoms with Crippen LogP contribution >= 0.6 is 0 Å². The number of sulfonamides is 1. The second-order valence-corrected chi connectivity index (χ2v) is 6.50. The van der Waals surface area contributed by atoms with Gasteiger partial charge < -0.3 is 19.0 Å². The van der Waals surface area contributed by atoms with E-state index in [1.165, 1.54) is 38.7 Å². The maximum absolute atomic E-state index is 12.3. The van der Waals surface area contributed by atoms with Crippen LogP contribution in [0.1, 0.15) is 18.3 Å². The minimum absolute atomic E-state index is 0.0580. The first-order valence-electron chi connectivity index (χ1n) is 6.91. The first-order chi connectivity index (χ1) is 11.0. The summed E-state index contributed by atoms with van der Waals surface area (Å²) in [6.45, 7) is 0.0680. The van der Waals surface area contributed by atoms with Crippen LogP contribution in [0.3, 0.4) is 0 Å². The molecule has 126 valence electrons. The molecule has 23 heavy (non-hydrogen) atoms. The van der Waals surface area contributed by atoms with Gasteiger partial charge in [-0.2, -0.15) is 0 Å². The molecule has 8 heteroatoms. The smallest absolute Gasteiger partial charge is 0.240 e. The molecule has 0 radical (unpaired) electrons. The molecule has 0 aliphatic rings. The van der Waals surface area contributed by atoms with Crippen LogP contribution in [0.25, 0.3) is 0 Å². The topological polar surface area (TPSA) is 98.0 Å². The zero-order valence-electron chi connectivity index (χ0n) is 12.9. The van der Waals surface area contributed by atoms with Crippen LogP contribution in [0.5, 0.6) is 11.5 Å². The molecule has 2 aromatic rings. The van der Waals surface area contributed by atoms with Gasteiger partial charge in [-0.25, -0.2) is 13.1 Å². The first-order valence-corrected chi connectivity index (χ1v) is 8.39. The Labute approximate surface area is 134 Å². The number of aliphatic hydroxyl groups excluding tert-OH is 1. The first kappa shape index (κ1) is 17.3. The molecule has 0 aliphatic heterocycles. The van der Waals surface area contributed by atoms with Gasteiger partial charge in [-0.1, -0.05) is 0 Å². The summed E-state index contributed by atoms with van der Waals surface area (Å²) in [6, 6.07) is 7.61. The predicted molar refractivity (Wildman–Crippen MR) is 83.0 cm³/mol. The minimum Gasteiger partial charge on any atom is -0.493 e.